The van der Waals surface area contributed by atoms with E-state index in [0.29, 0.717) is 29.8 Å². The summed E-state index contributed by atoms with van der Waals surface area (Å²) in [5.41, 5.74) is 0.742. The number of rotatable bonds is 5. The molecule has 2 atom stereocenters. The smallest absolute Gasteiger partial charge is 0.215 e. The van der Waals surface area contributed by atoms with Crippen molar-refractivity contribution < 1.29 is 14.2 Å². The van der Waals surface area contributed by atoms with Crippen LogP contribution in [0, 0.1) is 0 Å². The molecule has 1 fully saturated rings. The van der Waals surface area contributed by atoms with Gasteiger partial charge in [-0.15, -0.1) is 0 Å². The lowest BCUT2D eigenvalue weighted by atomic mass is 10.1. The van der Waals surface area contributed by atoms with E-state index in [1.54, 1.807) is 31.8 Å². The van der Waals surface area contributed by atoms with Crippen LogP contribution in [0.2, 0.25) is 10.0 Å². The van der Waals surface area contributed by atoms with Crippen molar-refractivity contribution in [1.82, 2.24) is 9.55 Å². The predicted molar refractivity (Wildman–Crippen MR) is 83.1 cm³/mol. The van der Waals surface area contributed by atoms with E-state index < -0.39 is 5.79 Å². The zero-order valence-electron chi connectivity index (χ0n) is 12.0. The Morgan fingerprint density at radius 1 is 1.45 bits per heavy atom. The summed E-state index contributed by atoms with van der Waals surface area (Å²) in [7, 11) is 1.63. The zero-order chi connectivity index (χ0) is 15.6. The molecular weight excluding hydrogens is 327 g/mol. The van der Waals surface area contributed by atoms with Gasteiger partial charge in [0.15, 0.2) is 0 Å². The van der Waals surface area contributed by atoms with Gasteiger partial charge in [0, 0.05) is 30.1 Å². The van der Waals surface area contributed by atoms with Crippen molar-refractivity contribution in [3.05, 3.63) is 52.5 Å². The van der Waals surface area contributed by atoms with Gasteiger partial charge < -0.3 is 18.8 Å². The second-order valence-electron chi connectivity index (χ2n) is 5.12. The predicted octanol–water partition coefficient (Wildman–Crippen LogP) is 3.10. The van der Waals surface area contributed by atoms with E-state index in [9.17, 15) is 0 Å². The molecule has 0 radical (unpaired) electrons. The maximum absolute atomic E-state index is 6.36. The Balaban J connectivity index is 1.96. The number of nitrogens with zero attached hydrogens (tertiary/aromatic N) is 2. The summed E-state index contributed by atoms with van der Waals surface area (Å²) in [6.45, 7) is 1.33. The fourth-order valence-electron chi connectivity index (χ4n) is 2.56. The minimum absolute atomic E-state index is 0.153. The van der Waals surface area contributed by atoms with E-state index in [4.69, 9.17) is 37.4 Å². The fraction of sp³-hybridized carbons (Fsp3) is 0.400. The number of imidazole rings is 1. The lowest BCUT2D eigenvalue weighted by molar-refractivity contribution is -0.190. The first-order valence-electron chi connectivity index (χ1n) is 6.85. The number of hydrogen-bond donors (Lipinski definition) is 0. The van der Waals surface area contributed by atoms with E-state index >= 15 is 0 Å². The van der Waals surface area contributed by atoms with E-state index in [1.165, 1.54) is 0 Å². The average Bonchev–Trinajstić information content (AvgIpc) is 3.10. The summed E-state index contributed by atoms with van der Waals surface area (Å²) in [5.74, 6) is -0.981. The molecule has 5 nitrogen and oxygen atoms in total. The highest BCUT2D eigenvalue weighted by molar-refractivity contribution is 6.35. The highest BCUT2D eigenvalue weighted by Crippen LogP contribution is 2.40. The molecule has 0 bridgehead atoms. The van der Waals surface area contributed by atoms with Crippen LogP contribution in [-0.4, -0.2) is 36.0 Å². The molecule has 2 aromatic rings. The van der Waals surface area contributed by atoms with Crippen molar-refractivity contribution >= 4 is 23.2 Å². The van der Waals surface area contributed by atoms with E-state index in [2.05, 4.69) is 4.98 Å². The second-order valence-corrected chi connectivity index (χ2v) is 5.96. The van der Waals surface area contributed by atoms with Gasteiger partial charge >= 0.3 is 0 Å². The Hall–Kier alpha value is -1.11. The molecule has 7 heteroatoms. The monoisotopic (exact) mass is 342 g/mol. The first kappa shape index (κ1) is 15.8. The lowest BCUT2D eigenvalue weighted by Gasteiger charge is -2.29. The quantitative estimate of drug-likeness (QED) is 0.837. The molecule has 0 saturated carbocycles. The van der Waals surface area contributed by atoms with Gasteiger partial charge in [-0.2, -0.15) is 0 Å². The Kier molecular flexibility index (Phi) is 4.70. The standard InChI is InChI=1S/C15H16Cl2N2O3/c1-20-7-12-8-21-15(22-12,9-19-5-4-18-10-19)13-3-2-11(16)6-14(13)17/h2-6,10,12H,7-9H2,1H3/t12-,15-/m1/s1. The average molecular weight is 343 g/mol. The molecule has 0 unspecified atom stereocenters. The van der Waals surface area contributed by atoms with Crippen LogP contribution in [0.5, 0.6) is 0 Å². The molecule has 0 aliphatic carbocycles. The van der Waals surface area contributed by atoms with E-state index in [1.807, 2.05) is 16.8 Å². The molecular formula is C15H16Cl2N2O3. The van der Waals surface area contributed by atoms with E-state index in [-0.39, 0.29) is 6.10 Å². The molecule has 0 spiro atoms. The minimum Gasteiger partial charge on any atom is -0.382 e. The normalized spacial score (nSPS) is 24.8. The highest BCUT2D eigenvalue weighted by Gasteiger charge is 2.45. The summed E-state index contributed by atoms with van der Waals surface area (Å²) in [6, 6.07) is 5.29. The van der Waals surface area contributed by atoms with Gasteiger partial charge in [0.1, 0.15) is 6.10 Å². The third-order valence-corrected chi connectivity index (χ3v) is 4.05. The molecule has 2 heterocycles. The molecule has 1 aromatic carbocycles. The van der Waals surface area contributed by atoms with Crippen LogP contribution >= 0.6 is 23.2 Å². The summed E-state index contributed by atoms with van der Waals surface area (Å²) in [4.78, 5) is 4.05. The van der Waals surface area contributed by atoms with Crippen LogP contribution in [0.4, 0.5) is 0 Å². The van der Waals surface area contributed by atoms with Crippen LogP contribution in [0.1, 0.15) is 5.56 Å². The zero-order valence-corrected chi connectivity index (χ0v) is 13.5. The first-order chi connectivity index (χ1) is 10.6. The molecule has 1 aromatic heterocycles. The van der Waals surface area contributed by atoms with Crippen molar-refractivity contribution in [1.29, 1.82) is 0 Å². The molecule has 1 aliphatic rings. The van der Waals surface area contributed by atoms with E-state index in [0.717, 1.165) is 5.56 Å². The number of hydrogen-bond acceptors (Lipinski definition) is 4. The third-order valence-electron chi connectivity index (χ3n) is 3.50. The van der Waals surface area contributed by atoms with Crippen molar-refractivity contribution in [2.75, 3.05) is 20.3 Å². The van der Waals surface area contributed by atoms with Gasteiger partial charge in [-0.3, -0.25) is 0 Å². The summed E-state index contributed by atoms with van der Waals surface area (Å²) in [6.07, 6.45) is 5.11. The van der Waals surface area contributed by atoms with Crippen molar-refractivity contribution in [3.8, 4) is 0 Å². The molecule has 1 saturated heterocycles. The second kappa shape index (κ2) is 6.56. The summed E-state index contributed by atoms with van der Waals surface area (Å²) in [5, 5.41) is 1.07. The molecule has 22 heavy (non-hydrogen) atoms. The van der Waals surface area contributed by atoms with Crippen LogP contribution < -0.4 is 0 Å². The first-order valence-corrected chi connectivity index (χ1v) is 7.60. The van der Waals surface area contributed by atoms with Crippen molar-refractivity contribution in [2.24, 2.45) is 0 Å². The lowest BCUT2D eigenvalue weighted by Crippen LogP contribution is -2.34. The minimum atomic E-state index is -0.981. The number of benzene rings is 1. The molecule has 3 rings (SSSR count). The van der Waals surface area contributed by atoms with Crippen LogP contribution in [-0.2, 0) is 26.5 Å². The van der Waals surface area contributed by atoms with Crippen LogP contribution in [0.25, 0.3) is 0 Å². The van der Waals surface area contributed by atoms with Gasteiger partial charge in [-0.25, -0.2) is 4.98 Å². The summed E-state index contributed by atoms with van der Waals surface area (Å²) >= 11 is 12.4. The Morgan fingerprint density at radius 2 is 2.32 bits per heavy atom. The number of ether oxygens (including phenoxy) is 3. The number of halogens is 2. The maximum atomic E-state index is 6.36. The van der Waals surface area contributed by atoms with Gasteiger partial charge in [0.05, 0.1) is 31.1 Å². The molecule has 118 valence electrons. The third kappa shape index (κ3) is 3.14. The van der Waals surface area contributed by atoms with Gasteiger partial charge in [0.25, 0.3) is 0 Å². The Bertz CT molecular complexity index is 636. The Morgan fingerprint density at radius 3 is 3.00 bits per heavy atom. The summed E-state index contributed by atoms with van der Waals surface area (Å²) < 4.78 is 19.2. The van der Waals surface area contributed by atoms with Gasteiger partial charge in [-0.1, -0.05) is 29.3 Å². The Labute approximate surface area is 138 Å². The highest BCUT2D eigenvalue weighted by atomic mass is 35.5. The molecule has 0 amide bonds. The number of aromatic nitrogens is 2. The molecule has 0 N–H and O–H groups in total. The fourth-order valence-corrected chi connectivity index (χ4v) is 3.11. The van der Waals surface area contributed by atoms with Crippen LogP contribution in [0.15, 0.2) is 36.9 Å². The van der Waals surface area contributed by atoms with Gasteiger partial charge in [0.2, 0.25) is 5.79 Å². The van der Waals surface area contributed by atoms with Crippen LogP contribution in [0.3, 0.4) is 0 Å². The van der Waals surface area contributed by atoms with Crippen molar-refractivity contribution in [3.63, 3.8) is 0 Å². The molecule has 1 aliphatic heterocycles. The van der Waals surface area contributed by atoms with Crippen molar-refractivity contribution in [2.45, 2.75) is 18.4 Å². The number of methoxy groups -OCH3 is 1. The largest absolute Gasteiger partial charge is 0.382 e. The SMILES string of the molecule is COC[C@@H]1CO[C@@](Cn2ccnc2)(c2ccc(Cl)cc2Cl)O1. The maximum Gasteiger partial charge on any atom is 0.215 e. The van der Waals surface area contributed by atoms with Gasteiger partial charge in [-0.05, 0) is 12.1 Å². The topological polar surface area (TPSA) is 45.5 Å².